The van der Waals surface area contributed by atoms with Gasteiger partial charge in [0.25, 0.3) is 0 Å². The smallest absolute Gasteiger partial charge is 0.125 e. The molecule has 1 N–H and O–H groups in total. The molecule has 4 nitrogen and oxygen atoms in total. The lowest BCUT2D eigenvalue weighted by atomic mass is 9.97. The van der Waals surface area contributed by atoms with Crippen LogP contribution in [-0.4, -0.2) is 48.0 Å². The van der Waals surface area contributed by atoms with E-state index < -0.39 is 6.10 Å². The van der Waals surface area contributed by atoms with Crippen molar-refractivity contribution in [1.29, 1.82) is 0 Å². The summed E-state index contributed by atoms with van der Waals surface area (Å²) in [6.45, 7) is 6.38. The van der Waals surface area contributed by atoms with Crippen LogP contribution in [0.2, 0.25) is 0 Å². The third-order valence-electron chi connectivity index (χ3n) is 3.93. The highest BCUT2D eigenvalue weighted by Gasteiger charge is 2.36. The molecule has 19 heavy (non-hydrogen) atoms. The third-order valence-corrected chi connectivity index (χ3v) is 3.93. The van der Waals surface area contributed by atoms with Gasteiger partial charge >= 0.3 is 0 Å². The van der Waals surface area contributed by atoms with Gasteiger partial charge in [-0.15, -0.1) is 0 Å². The van der Waals surface area contributed by atoms with Crippen molar-refractivity contribution in [3.8, 4) is 5.75 Å². The van der Waals surface area contributed by atoms with Crippen LogP contribution in [0.5, 0.6) is 5.75 Å². The minimum absolute atomic E-state index is 0.0173. The molecule has 104 valence electrons. The Balaban J connectivity index is 1.80. The number of benzene rings is 1. The van der Waals surface area contributed by atoms with Gasteiger partial charge < -0.3 is 14.6 Å². The molecular weight excluding hydrogens is 242 g/mol. The summed E-state index contributed by atoms with van der Waals surface area (Å²) in [5, 5.41) is 10.6. The summed E-state index contributed by atoms with van der Waals surface area (Å²) in [5.74, 6) is 0.806. The Morgan fingerprint density at radius 3 is 2.58 bits per heavy atom. The monoisotopic (exact) mass is 263 g/mol. The summed E-state index contributed by atoms with van der Waals surface area (Å²) in [6, 6.07) is 7.76. The molecular formula is C15H21NO3. The van der Waals surface area contributed by atoms with Crippen molar-refractivity contribution in [2.45, 2.75) is 38.2 Å². The van der Waals surface area contributed by atoms with E-state index in [-0.39, 0.29) is 18.2 Å². The number of hydrogen-bond acceptors (Lipinski definition) is 4. The number of fused-ring (bicyclic) bond motifs is 1. The first-order valence-electron chi connectivity index (χ1n) is 6.94. The molecule has 0 spiro atoms. The van der Waals surface area contributed by atoms with Crippen LogP contribution in [0.25, 0.3) is 0 Å². The van der Waals surface area contributed by atoms with Gasteiger partial charge in [0, 0.05) is 18.7 Å². The lowest BCUT2D eigenvalue weighted by molar-refractivity contribution is -0.106. The second-order valence-corrected chi connectivity index (χ2v) is 5.57. The Morgan fingerprint density at radius 2 is 1.84 bits per heavy atom. The fourth-order valence-corrected chi connectivity index (χ4v) is 3.12. The number of aliphatic hydroxyl groups excluding tert-OH is 1. The highest BCUT2D eigenvalue weighted by Crippen LogP contribution is 2.34. The molecule has 1 saturated heterocycles. The summed E-state index contributed by atoms with van der Waals surface area (Å²) in [5.41, 5.74) is 0.894. The Hall–Kier alpha value is -1.10. The van der Waals surface area contributed by atoms with Gasteiger partial charge in [-0.25, -0.2) is 0 Å². The number of morpholine rings is 1. The first kappa shape index (κ1) is 12.9. The van der Waals surface area contributed by atoms with Crippen molar-refractivity contribution in [2.75, 3.05) is 19.7 Å². The molecule has 1 aromatic rings. The van der Waals surface area contributed by atoms with Crippen LogP contribution in [0.3, 0.4) is 0 Å². The lowest BCUT2D eigenvalue weighted by Gasteiger charge is -2.43. The zero-order valence-electron chi connectivity index (χ0n) is 11.5. The van der Waals surface area contributed by atoms with Crippen molar-refractivity contribution in [3.05, 3.63) is 29.8 Å². The number of ether oxygens (including phenoxy) is 2. The number of nitrogens with zero attached hydrogens (tertiary/aromatic N) is 1. The van der Waals surface area contributed by atoms with E-state index in [0.29, 0.717) is 6.61 Å². The van der Waals surface area contributed by atoms with Crippen molar-refractivity contribution in [2.24, 2.45) is 0 Å². The Bertz CT molecular complexity index is 441. The molecule has 2 heterocycles. The number of rotatable bonds is 1. The van der Waals surface area contributed by atoms with Crippen molar-refractivity contribution < 1.29 is 14.6 Å². The van der Waals surface area contributed by atoms with E-state index in [1.165, 1.54) is 0 Å². The quantitative estimate of drug-likeness (QED) is 0.835. The fraction of sp³-hybridized carbons (Fsp3) is 0.600. The minimum Gasteiger partial charge on any atom is -0.491 e. The zero-order valence-corrected chi connectivity index (χ0v) is 11.5. The first-order chi connectivity index (χ1) is 9.15. The van der Waals surface area contributed by atoms with Crippen molar-refractivity contribution in [3.63, 3.8) is 0 Å². The maximum absolute atomic E-state index is 10.6. The second-order valence-electron chi connectivity index (χ2n) is 5.57. The van der Waals surface area contributed by atoms with E-state index in [2.05, 4.69) is 18.7 Å². The van der Waals surface area contributed by atoms with E-state index in [1.54, 1.807) is 0 Å². The molecule has 0 bridgehead atoms. The Morgan fingerprint density at radius 1 is 1.16 bits per heavy atom. The standard InChI is InChI=1S/C15H21NO3/c1-10-7-16(8-11(2)19-10)13-9-18-14-6-4-3-5-12(14)15(13)17/h3-6,10-11,13,15,17H,7-9H2,1-2H3. The molecule has 2 aliphatic heterocycles. The van der Waals surface area contributed by atoms with Crippen LogP contribution < -0.4 is 4.74 Å². The molecule has 3 rings (SSSR count). The molecule has 0 aromatic heterocycles. The molecule has 0 aliphatic carbocycles. The van der Waals surface area contributed by atoms with Gasteiger partial charge in [-0.3, -0.25) is 4.90 Å². The second kappa shape index (κ2) is 5.12. The topological polar surface area (TPSA) is 41.9 Å². The Kier molecular flexibility index (Phi) is 3.48. The van der Waals surface area contributed by atoms with Crippen molar-refractivity contribution in [1.82, 2.24) is 4.90 Å². The van der Waals surface area contributed by atoms with E-state index in [9.17, 15) is 5.11 Å². The zero-order chi connectivity index (χ0) is 13.4. The molecule has 4 atom stereocenters. The van der Waals surface area contributed by atoms with Crippen LogP contribution in [0.4, 0.5) is 0 Å². The Labute approximate surface area is 113 Å². The third kappa shape index (κ3) is 2.48. The molecule has 0 saturated carbocycles. The highest BCUT2D eigenvalue weighted by atomic mass is 16.5. The van der Waals surface area contributed by atoms with Crippen LogP contribution in [0.1, 0.15) is 25.5 Å². The summed E-state index contributed by atoms with van der Waals surface area (Å²) in [4.78, 5) is 2.29. The number of aliphatic hydroxyl groups is 1. The van der Waals surface area contributed by atoms with Crippen molar-refractivity contribution >= 4 is 0 Å². The van der Waals surface area contributed by atoms with E-state index in [1.807, 2.05) is 24.3 Å². The molecule has 2 aliphatic rings. The van der Waals surface area contributed by atoms with Gasteiger partial charge in [0.2, 0.25) is 0 Å². The summed E-state index contributed by atoms with van der Waals surface area (Å²) in [7, 11) is 0. The normalized spacial score (nSPS) is 35.5. The van der Waals surface area contributed by atoms with Gasteiger partial charge in [-0.1, -0.05) is 18.2 Å². The van der Waals surface area contributed by atoms with Gasteiger partial charge in [-0.05, 0) is 19.9 Å². The average molecular weight is 263 g/mol. The predicted octanol–water partition coefficient (Wildman–Crippen LogP) is 1.59. The van der Waals surface area contributed by atoms with Crippen LogP contribution in [0.15, 0.2) is 24.3 Å². The first-order valence-corrected chi connectivity index (χ1v) is 6.94. The molecule has 4 unspecified atom stereocenters. The van der Waals surface area contributed by atoms with Gasteiger partial charge in [0.05, 0.1) is 18.2 Å². The van der Waals surface area contributed by atoms with Gasteiger partial charge in [0.15, 0.2) is 0 Å². The number of hydrogen-bond donors (Lipinski definition) is 1. The molecule has 0 amide bonds. The van der Waals surface area contributed by atoms with Crippen LogP contribution in [0, 0.1) is 0 Å². The van der Waals surface area contributed by atoms with Crippen LogP contribution >= 0.6 is 0 Å². The van der Waals surface area contributed by atoms with Crippen LogP contribution in [-0.2, 0) is 4.74 Å². The summed E-state index contributed by atoms with van der Waals surface area (Å²) in [6.07, 6.45) is -0.0799. The lowest BCUT2D eigenvalue weighted by Crippen LogP contribution is -2.54. The van der Waals surface area contributed by atoms with E-state index >= 15 is 0 Å². The van der Waals surface area contributed by atoms with E-state index in [4.69, 9.17) is 9.47 Å². The maximum atomic E-state index is 10.6. The maximum Gasteiger partial charge on any atom is 0.125 e. The van der Waals surface area contributed by atoms with Gasteiger partial charge in [0.1, 0.15) is 18.5 Å². The highest BCUT2D eigenvalue weighted by molar-refractivity contribution is 5.37. The van der Waals surface area contributed by atoms with E-state index in [0.717, 1.165) is 24.4 Å². The molecule has 4 heteroatoms. The van der Waals surface area contributed by atoms with Gasteiger partial charge in [-0.2, -0.15) is 0 Å². The molecule has 1 fully saturated rings. The predicted molar refractivity (Wildman–Crippen MR) is 72.3 cm³/mol. The minimum atomic E-state index is -0.484. The molecule has 1 aromatic carbocycles. The summed E-state index contributed by atoms with van der Waals surface area (Å²) < 4.78 is 11.5. The summed E-state index contributed by atoms with van der Waals surface area (Å²) >= 11 is 0. The fourth-order valence-electron chi connectivity index (χ4n) is 3.12. The average Bonchev–Trinajstić information content (AvgIpc) is 2.38. The largest absolute Gasteiger partial charge is 0.491 e. The number of para-hydroxylation sites is 1. The molecule has 0 radical (unpaired) electrons. The SMILES string of the molecule is CC1CN(C2COc3ccccc3C2O)CC(C)O1.